The molecule has 0 aromatic heterocycles. The van der Waals surface area contributed by atoms with Gasteiger partial charge in [-0.1, -0.05) is 0 Å². The Hall–Kier alpha value is -1.41. The molecule has 27 heteroatoms. The summed E-state index contributed by atoms with van der Waals surface area (Å²) >= 11 is 0. The van der Waals surface area contributed by atoms with Crippen LogP contribution >= 0.6 is 0 Å². The fourth-order valence-electron chi connectivity index (χ4n) is 3.11. The predicted molar refractivity (Wildman–Crippen MR) is 144 cm³/mol. The van der Waals surface area contributed by atoms with Gasteiger partial charge in [-0.2, -0.15) is 0 Å². The van der Waals surface area contributed by atoms with Gasteiger partial charge in [0.25, 0.3) is 0 Å². The normalized spacial score (nSPS) is 20.1. The van der Waals surface area contributed by atoms with Gasteiger partial charge in [-0.05, 0) is 0 Å². The SMILES string of the molecule is O=C(OC(C(=O)O)C(OC(O)[C@@H](O)[C@@H](O)[C@H](O)[C@H](O)CO)C(=O)O)OC(C(=O)O)C(OC(O)[C@@H](O)[C@@H](O)[C@H](O)[C@H](O)CO)C(=O)O.[NaH].[NaH]. The summed E-state index contributed by atoms with van der Waals surface area (Å²) in [6.07, 6.45) is -40.4. The molecule has 272 valence electrons. The van der Waals surface area contributed by atoms with Crippen molar-refractivity contribution in [2.24, 2.45) is 0 Å². The number of ether oxygens (including phenoxy) is 4. The average Bonchev–Trinajstić information content (AvgIpc) is 3.00. The Bertz CT molecular complexity index is 942. The number of carboxylic acids is 4. The number of aliphatic carboxylic acids is 4. The van der Waals surface area contributed by atoms with Crippen LogP contribution in [0, 0.1) is 0 Å². The molecule has 0 aromatic carbocycles. The Morgan fingerprint density at radius 1 is 0.417 bits per heavy atom. The third kappa shape index (κ3) is 15.2. The molecule has 48 heavy (non-hydrogen) atoms. The summed E-state index contributed by atoms with van der Waals surface area (Å²) in [6.45, 7) is -2.36. The number of rotatable bonds is 22. The fourth-order valence-corrected chi connectivity index (χ4v) is 3.11. The second-order valence-corrected chi connectivity index (χ2v) is 9.02. The first kappa shape index (κ1) is 51.0. The molecule has 0 heterocycles. The van der Waals surface area contributed by atoms with E-state index in [9.17, 15) is 95.5 Å². The Morgan fingerprint density at radius 2 is 0.667 bits per heavy atom. The van der Waals surface area contributed by atoms with Crippen LogP contribution in [0.4, 0.5) is 4.79 Å². The van der Waals surface area contributed by atoms with Gasteiger partial charge in [-0.3, -0.25) is 0 Å². The van der Waals surface area contributed by atoms with Gasteiger partial charge in [0.05, 0.1) is 13.2 Å². The van der Waals surface area contributed by atoms with E-state index in [4.69, 9.17) is 10.2 Å². The first-order valence-electron chi connectivity index (χ1n) is 12.3. The topological polar surface area (TPSA) is 446 Å². The van der Waals surface area contributed by atoms with E-state index in [1.807, 2.05) is 0 Å². The average molecular weight is 734 g/mol. The minimum absolute atomic E-state index is 0. The monoisotopic (exact) mass is 734 g/mol. The molecule has 0 spiro atoms. The van der Waals surface area contributed by atoms with E-state index in [0.717, 1.165) is 0 Å². The Kier molecular flexibility index (Phi) is 25.4. The number of aliphatic hydroxyl groups is 12. The van der Waals surface area contributed by atoms with Crippen LogP contribution in [0.5, 0.6) is 0 Å². The molecule has 0 aliphatic rings. The molecule has 25 nitrogen and oxygen atoms in total. The van der Waals surface area contributed by atoms with Gasteiger partial charge in [0.1, 0.15) is 48.8 Å². The van der Waals surface area contributed by atoms with Crippen molar-refractivity contribution in [3.63, 3.8) is 0 Å². The van der Waals surface area contributed by atoms with Crippen LogP contribution in [0.25, 0.3) is 0 Å². The van der Waals surface area contributed by atoms with Crippen LogP contribution < -0.4 is 0 Å². The minimum atomic E-state index is -3.14. The van der Waals surface area contributed by atoms with Crippen LogP contribution in [0.3, 0.4) is 0 Å². The standard InChI is InChI=1S/C21H34O25.2Na.2H/c22-1-3(24)5(26)7(28)9(30)19(40)43-11(15(32)33)13(17(36)37)45-21(42)46-14(18(38)39)12(16(34)35)44-20(41)10(31)8(29)6(27)4(25)2-23;;;;/h3-14,19-20,22-31,40-41H,1-2H2,(H,32,33)(H,34,35)(H,36,37)(H,38,39);;;;/t3-,4-,5-,6-,7+,8+,9+,10+,11?,12?,13?,14?,19?,20?;;;;/m1..../s1. The van der Waals surface area contributed by atoms with Crippen LogP contribution in [0.2, 0.25) is 0 Å². The summed E-state index contributed by atoms with van der Waals surface area (Å²) in [6, 6.07) is 0. The molecule has 0 rings (SSSR count). The molecule has 0 saturated carbocycles. The summed E-state index contributed by atoms with van der Waals surface area (Å²) in [5.74, 6) is -9.64. The molecule has 6 unspecified atom stereocenters. The summed E-state index contributed by atoms with van der Waals surface area (Å²) < 4.78 is 17.1. The van der Waals surface area contributed by atoms with Crippen LogP contribution in [0.1, 0.15) is 0 Å². The van der Waals surface area contributed by atoms with E-state index in [1.165, 1.54) is 0 Å². The van der Waals surface area contributed by atoms with Crippen molar-refractivity contribution >= 4 is 89.1 Å². The van der Waals surface area contributed by atoms with Crippen molar-refractivity contribution in [2.45, 2.75) is 85.8 Å². The summed E-state index contributed by atoms with van der Waals surface area (Å²) in [4.78, 5) is 58.7. The number of aliphatic hydroxyl groups excluding tert-OH is 12. The van der Waals surface area contributed by atoms with Crippen molar-refractivity contribution in [1.29, 1.82) is 0 Å². The molecule has 0 aliphatic heterocycles. The third-order valence-electron chi connectivity index (χ3n) is 5.69. The second-order valence-electron chi connectivity index (χ2n) is 9.02. The van der Waals surface area contributed by atoms with Crippen molar-refractivity contribution < 1.29 is 125 Å². The summed E-state index contributed by atoms with van der Waals surface area (Å²) in [5, 5.41) is 152. The number of carbonyl (C=O) groups is 5. The van der Waals surface area contributed by atoms with Gasteiger partial charge in [0.2, 0.25) is 24.4 Å². The molecule has 0 saturated heterocycles. The van der Waals surface area contributed by atoms with Gasteiger partial charge in [-0.25, -0.2) is 24.0 Å². The van der Waals surface area contributed by atoms with Crippen LogP contribution in [-0.4, -0.2) is 270 Å². The van der Waals surface area contributed by atoms with Crippen LogP contribution in [0.15, 0.2) is 0 Å². The summed E-state index contributed by atoms with van der Waals surface area (Å²) in [5.41, 5.74) is 0. The van der Waals surface area contributed by atoms with E-state index in [1.54, 1.807) is 0 Å². The van der Waals surface area contributed by atoms with E-state index in [-0.39, 0.29) is 59.1 Å². The first-order chi connectivity index (χ1) is 21.1. The molecular formula is C21H36Na2O25. The van der Waals surface area contributed by atoms with Crippen LogP contribution in [-0.2, 0) is 38.1 Å². The zero-order valence-corrected chi connectivity index (χ0v) is 22.8. The Morgan fingerprint density at radius 3 is 0.875 bits per heavy atom. The third-order valence-corrected chi connectivity index (χ3v) is 5.69. The van der Waals surface area contributed by atoms with Gasteiger partial charge in [0, 0.05) is 0 Å². The van der Waals surface area contributed by atoms with Crippen molar-refractivity contribution in [3.05, 3.63) is 0 Å². The number of carboxylic acid groups (broad SMARTS) is 4. The molecule has 0 bridgehead atoms. The molecule has 0 amide bonds. The van der Waals surface area contributed by atoms with Gasteiger partial charge in [-0.15, -0.1) is 0 Å². The van der Waals surface area contributed by atoms with Gasteiger partial charge < -0.3 is 101 Å². The van der Waals surface area contributed by atoms with E-state index in [2.05, 4.69) is 18.9 Å². The Balaban J connectivity index is -0.0000101. The number of carbonyl (C=O) groups excluding carboxylic acids is 1. The van der Waals surface area contributed by atoms with Crippen molar-refractivity contribution in [3.8, 4) is 0 Å². The molecule has 14 atom stereocenters. The summed E-state index contributed by atoms with van der Waals surface area (Å²) in [7, 11) is 0. The first-order valence-corrected chi connectivity index (χ1v) is 12.3. The van der Waals surface area contributed by atoms with E-state index in [0.29, 0.717) is 0 Å². The predicted octanol–water partition coefficient (Wildman–Crippen LogP) is -10.8. The van der Waals surface area contributed by atoms with Crippen molar-refractivity contribution in [2.75, 3.05) is 13.2 Å². The molecule has 16 N–H and O–H groups in total. The molecular weight excluding hydrogens is 698 g/mol. The fraction of sp³-hybridized carbons (Fsp3) is 0.762. The van der Waals surface area contributed by atoms with E-state index >= 15 is 0 Å². The molecule has 0 aromatic rings. The molecule has 0 aliphatic carbocycles. The zero-order chi connectivity index (χ0) is 36.2. The zero-order valence-electron chi connectivity index (χ0n) is 22.8. The number of hydrogen-bond acceptors (Lipinski definition) is 21. The van der Waals surface area contributed by atoms with Gasteiger partial charge >= 0.3 is 89.1 Å². The quantitative estimate of drug-likeness (QED) is 0.0279. The maximum atomic E-state index is 12.2. The van der Waals surface area contributed by atoms with E-state index < -0.39 is 129 Å². The Labute approximate surface area is 311 Å². The maximum absolute atomic E-state index is 12.2. The second kappa shape index (κ2) is 23.9. The molecule has 0 fully saturated rings. The van der Waals surface area contributed by atoms with Gasteiger partial charge in [0.15, 0.2) is 12.6 Å². The number of hydrogen-bond donors (Lipinski definition) is 16. The van der Waals surface area contributed by atoms with Crippen molar-refractivity contribution in [1.82, 2.24) is 0 Å². The molecule has 0 radical (unpaired) electrons.